The number of hydrogen-bond donors (Lipinski definition) is 0. The van der Waals surface area contributed by atoms with E-state index in [0.717, 1.165) is 25.1 Å². The van der Waals surface area contributed by atoms with Gasteiger partial charge in [-0.2, -0.15) is 0 Å². The van der Waals surface area contributed by atoms with E-state index in [0.29, 0.717) is 24.5 Å². The second-order valence-electron chi connectivity index (χ2n) is 5.21. The van der Waals surface area contributed by atoms with Crippen LogP contribution in [0.1, 0.15) is 36.8 Å². The van der Waals surface area contributed by atoms with Crippen LogP contribution in [0.3, 0.4) is 0 Å². The van der Waals surface area contributed by atoms with Crippen molar-refractivity contribution >= 4 is 5.91 Å². The van der Waals surface area contributed by atoms with Gasteiger partial charge in [0.05, 0.1) is 25.0 Å². The average Bonchev–Trinajstić information content (AvgIpc) is 3.22. The van der Waals surface area contributed by atoms with E-state index in [1.807, 2.05) is 4.90 Å². The summed E-state index contributed by atoms with van der Waals surface area (Å²) in [6.07, 6.45) is 7.86. The number of hydrogen-bond acceptors (Lipinski definition) is 6. The fourth-order valence-corrected chi connectivity index (χ4v) is 2.74. The number of aromatic nitrogens is 3. The number of rotatable bonds is 5. The predicted molar refractivity (Wildman–Crippen MR) is 77.1 cm³/mol. The summed E-state index contributed by atoms with van der Waals surface area (Å²) in [6, 6.07) is 1.74. The van der Waals surface area contributed by atoms with Crippen LogP contribution in [-0.4, -0.2) is 39.6 Å². The van der Waals surface area contributed by atoms with Crippen LogP contribution >= 0.6 is 0 Å². The molecule has 1 unspecified atom stereocenters. The Hall–Kier alpha value is -2.44. The van der Waals surface area contributed by atoms with E-state index < -0.39 is 0 Å². The number of ether oxygens (including phenoxy) is 1. The van der Waals surface area contributed by atoms with E-state index >= 15 is 0 Å². The molecule has 0 saturated carbocycles. The molecular weight excluding hydrogens is 284 g/mol. The molecule has 1 amide bonds. The molecule has 1 saturated heterocycles. The summed E-state index contributed by atoms with van der Waals surface area (Å²) >= 11 is 0. The third-order valence-electron chi connectivity index (χ3n) is 3.83. The quantitative estimate of drug-likeness (QED) is 0.837. The lowest BCUT2D eigenvalue weighted by Crippen LogP contribution is -2.31. The Morgan fingerprint density at radius 1 is 1.50 bits per heavy atom. The number of aryl methyl sites for hydroxylation is 1. The summed E-state index contributed by atoms with van der Waals surface area (Å²) in [4.78, 5) is 22.8. The first-order valence-electron chi connectivity index (χ1n) is 7.33. The van der Waals surface area contributed by atoms with Crippen molar-refractivity contribution in [2.45, 2.75) is 31.7 Å². The molecule has 0 radical (unpaired) electrons. The van der Waals surface area contributed by atoms with Crippen LogP contribution in [0.15, 0.2) is 29.2 Å². The molecule has 1 aliphatic heterocycles. The molecule has 0 aliphatic carbocycles. The van der Waals surface area contributed by atoms with E-state index in [-0.39, 0.29) is 11.9 Å². The van der Waals surface area contributed by atoms with Crippen LogP contribution in [0.4, 0.5) is 0 Å². The molecule has 2 aromatic rings. The van der Waals surface area contributed by atoms with Crippen molar-refractivity contribution in [3.8, 4) is 5.88 Å². The second-order valence-corrected chi connectivity index (χ2v) is 5.21. The zero-order chi connectivity index (χ0) is 15.4. The Kier molecular flexibility index (Phi) is 4.32. The Bertz CT molecular complexity index is 629. The van der Waals surface area contributed by atoms with E-state index in [4.69, 9.17) is 9.26 Å². The third kappa shape index (κ3) is 3.08. The predicted octanol–water partition coefficient (Wildman–Crippen LogP) is 1.77. The van der Waals surface area contributed by atoms with Gasteiger partial charge in [-0.15, -0.1) is 0 Å². The fraction of sp³-hybridized carbons (Fsp3) is 0.467. The standard InChI is InChI=1S/C15H18N4O3/c1-21-14-9-11(22-18-14)4-5-15(20)19-8-2-3-13(19)12-10-16-6-7-17-12/h6-7,9-10,13H,2-5,8H2,1H3. The maximum absolute atomic E-state index is 12.5. The summed E-state index contributed by atoms with van der Waals surface area (Å²) in [7, 11) is 1.53. The first-order chi connectivity index (χ1) is 10.8. The largest absolute Gasteiger partial charge is 0.479 e. The first kappa shape index (κ1) is 14.5. The lowest BCUT2D eigenvalue weighted by atomic mass is 10.1. The molecule has 0 bridgehead atoms. The van der Waals surface area contributed by atoms with Crippen LogP contribution in [0.25, 0.3) is 0 Å². The maximum Gasteiger partial charge on any atom is 0.254 e. The van der Waals surface area contributed by atoms with E-state index in [1.165, 1.54) is 7.11 Å². The molecule has 1 fully saturated rings. The van der Waals surface area contributed by atoms with Crippen molar-refractivity contribution in [2.75, 3.05) is 13.7 Å². The molecule has 0 spiro atoms. The van der Waals surface area contributed by atoms with E-state index in [1.54, 1.807) is 24.7 Å². The van der Waals surface area contributed by atoms with Gasteiger partial charge in [-0.05, 0) is 18.0 Å². The number of carbonyl (C=O) groups is 1. The smallest absolute Gasteiger partial charge is 0.254 e. The SMILES string of the molecule is COc1cc(CCC(=O)N2CCCC2c2cnccn2)on1. The van der Waals surface area contributed by atoms with Gasteiger partial charge >= 0.3 is 0 Å². The van der Waals surface area contributed by atoms with Crippen LogP contribution in [0.5, 0.6) is 5.88 Å². The van der Waals surface area contributed by atoms with Gasteiger partial charge in [0.1, 0.15) is 5.76 Å². The summed E-state index contributed by atoms with van der Waals surface area (Å²) in [5.74, 6) is 1.19. The highest BCUT2D eigenvalue weighted by molar-refractivity contribution is 5.77. The number of likely N-dealkylation sites (tertiary alicyclic amines) is 1. The van der Waals surface area contributed by atoms with Crippen molar-refractivity contribution in [3.63, 3.8) is 0 Å². The van der Waals surface area contributed by atoms with Gasteiger partial charge in [0.25, 0.3) is 5.88 Å². The Labute approximate surface area is 128 Å². The van der Waals surface area contributed by atoms with Crippen molar-refractivity contribution < 1.29 is 14.1 Å². The molecule has 1 aliphatic rings. The minimum Gasteiger partial charge on any atom is -0.479 e. The van der Waals surface area contributed by atoms with Crippen LogP contribution in [0, 0.1) is 0 Å². The lowest BCUT2D eigenvalue weighted by Gasteiger charge is -2.23. The molecule has 3 heterocycles. The van der Waals surface area contributed by atoms with Crippen LogP contribution < -0.4 is 4.74 Å². The van der Waals surface area contributed by atoms with Crippen molar-refractivity contribution in [3.05, 3.63) is 36.1 Å². The molecule has 116 valence electrons. The summed E-state index contributed by atoms with van der Waals surface area (Å²) in [5, 5.41) is 3.73. The van der Waals surface area contributed by atoms with E-state index in [9.17, 15) is 4.79 Å². The van der Waals surface area contributed by atoms with Crippen molar-refractivity contribution in [1.29, 1.82) is 0 Å². The van der Waals surface area contributed by atoms with Gasteiger partial charge in [-0.3, -0.25) is 14.8 Å². The van der Waals surface area contributed by atoms with Gasteiger partial charge in [0.15, 0.2) is 0 Å². The highest BCUT2D eigenvalue weighted by atomic mass is 16.5. The average molecular weight is 302 g/mol. The van der Waals surface area contributed by atoms with Gasteiger partial charge < -0.3 is 14.2 Å². The molecular formula is C15H18N4O3. The van der Waals surface area contributed by atoms with Crippen molar-refractivity contribution in [2.24, 2.45) is 0 Å². The number of methoxy groups -OCH3 is 1. The molecule has 1 atom stereocenters. The lowest BCUT2D eigenvalue weighted by molar-refractivity contribution is -0.132. The molecule has 0 aromatic carbocycles. The topological polar surface area (TPSA) is 81.4 Å². The van der Waals surface area contributed by atoms with Crippen molar-refractivity contribution in [1.82, 2.24) is 20.0 Å². The molecule has 3 rings (SSSR count). The summed E-state index contributed by atoms with van der Waals surface area (Å²) in [6.45, 7) is 0.764. The first-order valence-corrected chi connectivity index (χ1v) is 7.33. The molecule has 7 heteroatoms. The molecule has 0 N–H and O–H groups in total. The highest BCUT2D eigenvalue weighted by Crippen LogP contribution is 2.31. The second kappa shape index (κ2) is 6.55. The molecule has 2 aromatic heterocycles. The van der Waals surface area contributed by atoms with E-state index in [2.05, 4.69) is 15.1 Å². The van der Waals surface area contributed by atoms with Gasteiger partial charge in [-0.25, -0.2) is 0 Å². The Balaban J connectivity index is 1.61. The monoisotopic (exact) mass is 302 g/mol. The summed E-state index contributed by atoms with van der Waals surface area (Å²) < 4.78 is 10.1. The zero-order valence-electron chi connectivity index (χ0n) is 12.4. The molecule has 7 nitrogen and oxygen atoms in total. The van der Waals surface area contributed by atoms with Gasteiger partial charge in [-0.1, -0.05) is 0 Å². The highest BCUT2D eigenvalue weighted by Gasteiger charge is 2.30. The van der Waals surface area contributed by atoms with Crippen LogP contribution in [0.2, 0.25) is 0 Å². The normalized spacial score (nSPS) is 17.7. The minimum absolute atomic E-state index is 0.0328. The van der Waals surface area contributed by atoms with Gasteiger partial charge in [0, 0.05) is 37.8 Å². The maximum atomic E-state index is 12.5. The Morgan fingerprint density at radius 2 is 2.41 bits per heavy atom. The number of amides is 1. The minimum atomic E-state index is 0.0328. The third-order valence-corrected chi connectivity index (χ3v) is 3.83. The number of nitrogens with zero attached hydrogens (tertiary/aromatic N) is 4. The van der Waals surface area contributed by atoms with Crippen LogP contribution in [-0.2, 0) is 11.2 Å². The fourth-order valence-electron chi connectivity index (χ4n) is 2.74. The van der Waals surface area contributed by atoms with Gasteiger partial charge in [0.2, 0.25) is 5.91 Å². The zero-order valence-corrected chi connectivity index (χ0v) is 12.4. The number of carbonyl (C=O) groups excluding carboxylic acids is 1. The summed E-state index contributed by atoms with van der Waals surface area (Å²) in [5.41, 5.74) is 0.856. The Morgan fingerprint density at radius 3 is 3.14 bits per heavy atom. The molecule has 22 heavy (non-hydrogen) atoms.